The van der Waals surface area contributed by atoms with Crippen LogP contribution in [0.2, 0.25) is 0 Å². The molecule has 0 radical (unpaired) electrons. The molecule has 0 heterocycles. The van der Waals surface area contributed by atoms with E-state index in [4.69, 9.17) is 4.74 Å². The molecule has 2 heteroatoms. The summed E-state index contributed by atoms with van der Waals surface area (Å²) in [5, 5.41) is 0. The van der Waals surface area contributed by atoms with E-state index in [1.54, 1.807) is 0 Å². The fourth-order valence-electron chi connectivity index (χ4n) is 3.50. The van der Waals surface area contributed by atoms with E-state index in [9.17, 15) is 0 Å². The molecular weight excluding hydrogens is 306 g/mol. The predicted molar refractivity (Wildman–Crippen MR) is 114 cm³/mol. The van der Waals surface area contributed by atoms with Crippen molar-refractivity contribution >= 4 is 0 Å². The molecule has 0 aliphatic carbocycles. The molecule has 0 fully saturated rings. The van der Waals surface area contributed by atoms with Gasteiger partial charge in [-0.2, -0.15) is 0 Å². The first-order valence-electron chi connectivity index (χ1n) is 11.4. The molecule has 1 unspecified atom stereocenters. The van der Waals surface area contributed by atoms with Crippen LogP contribution in [-0.2, 0) is 4.74 Å². The van der Waals surface area contributed by atoms with Gasteiger partial charge in [-0.3, -0.25) is 0 Å². The molecule has 0 aliphatic rings. The fourth-order valence-corrected chi connectivity index (χ4v) is 3.50. The summed E-state index contributed by atoms with van der Waals surface area (Å²) in [7, 11) is 4.21. The van der Waals surface area contributed by atoms with Crippen LogP contribution in [0, 0.1) is 0 Å². The average molecular weight is 356 g/mol. The predicted octanol–water partition coefficient (Wildman–Crippen LogP) is 7.21. The second-order valence-electron chi connectivity index (χ2n) is 8.25. The second kappa shape index (κ2) is 20.2. The first-order valence-corrected chi connectivity index (χ1v) is 11.4. The molecular formula is C23H49NO. The number of nitrogens with zero attached hydrogens (tertiary/aromatic N) is 1. The third-order valence-corrected chi connectivity index (χ3v) is 5.02. The van der Waals surface area contributed by atoms with Crippen LogP contribution in [0.1, 0.15) is 117 Å². The lowest BCUT2D eigenvalue weighted by molar-refractivity contribution is 0.0458. The Morgan fingerprint density at radius 3 is 1.32 bits per heavy atom. The lowest BCUT2D eigenvalue weighted by Crippen LogP contribution is -2.26. The summed E-state index contributed by atoms with van der Waals surface area (Å²) >= 11 is 0. The second-order valence-corrected chi connectivity index (χ2v) is 8.25. The molecule has 1 atom stereocenters. The molecule has 0 N–H and O–H groups in total. The quantitative estimate of drug-likeness (QED) is 0.214. The molecule has 0 rings (SSSR count). The molecule has 0 bridgehead atoms. The van der Waals surface area contributed by atoms with E-state index in [0.717, 1.165) is 13.2 Å². The summed E-state index contributed by atoms with van der Waals surface area (Å²) in [6.45, 7) is 6.43. The Kier molecular flexibility index (Phi) is 20.2. The van der Waals surface area contributed by atoms with Crippen LogP contribution < -0.4 is 0 Å². The van der Waals surface area contributed by atoms with Gasteiger partial charge in [0.25, 0.3) is 0 Å². The molecule has 0 spiro atoms. The number of likely N-dealkylation sites (N-methyl/N-ethyl adjacent to an activating group) is 1. The Labute approximate surface area is 160 Å². The SMILES string of the molecule is CCCCCCCCCCCCCCCCCCOC(C)CN(C)C. The van der Waals surface area contributed by atoms with Crippen molar-refractivity contribution in [2.75, 3.05) is 27.2 Å². The highest BCUT2D eigenvalue weighted by molar-refractivity contribution is 4.54. The number of hydrogen-bond donors (Lipinski definition) is 0. The van der Waals surface area contributed by atoms with Gasteiger partial charge >= 0.3 is 0 Å². The molecule has 0 aliphatic heterocycles. The van der Waals surface area contributed by atoms with Crippen molar-refractivity contribution < 1.29 is 4.74 Å². The fraction of sp³-hybridized carbons (Fsp3) is 1.00. The highest BCUT2D eigenvalue weighted by Gasteiger charge is 2.02. The van der Waals surface area contributed by atoms with Gasteiger partial charge in [-0.1, -0.05) is 103 Å². The number of unbranched alkanes of at least 4 members (excludes halogenated alkanes) is 15. The summed E-state index contributed by atoms with van der Waals surface area (Å²) in [6.07, 6.45) is 23.2. The summed E-state index contributed by atoms with van der Waals surface area (Å²) in [5.74, 6) is 0. The van der Waals surface area contributed by atoms with Crippen molar-refractivity contribution in [1.29, 1.82) is 0 Å². The maximum absolute atomic E-state index is 5.83. The molecule has 0 aromatic heterocycles. The molecule has 0 amide bonds. The zero-order valence-corrected chi connectivity index (χ0v) is 18.2. The molecule has 0 saturated heterocycles. The topological polar surface area (TPSA) is 12.5 Å². The van der Waals surface area contributed by atoms with Gasteiger partial charge in [0, 0.05) is 13.2 Å². The van der Waals surface area contributed by atoms with Gasteiger partial charge in [-0.25, -0.2) is 0 Å². The molecule has 152 valence electrons. The first-order chi connectivity index (χ1) is 12.2. The average Bonchev–Trinajstić information content (AvgIpc) is 2.57. The minimum atomic E-state index is 0.367. The van der Waals surface area contributed by atoms with E-state index in [1.165, 1.54) is 103 Å². The van der Waals surface area contributed by atoms with Crippen LogP contribution in [-0.4, -0.2) is 38.3 Å². The molecule has 25 heavy (non-hydrogen) atoms. The third kappa shape index (κ3) is 21.9. The van der Waals surface area contributed by atoms with Crippen molar-refractivity contribution in [2.45, 2.75) is 123 Å². The smallest absolute Gasteiger partial charge is 0.0673 e. The van der Waals surface area contributed by atoms with Crippen molar-refractivity contribution in [3.63, 3.8) is 0 Å². The van der Waals surface area contributed by atoms with Crippen LogP contribution in [0.4, 0.5) is 0 Å². The van der Waals surface area contributed by atoms with E-state index < -0.39 is 0 Å². The van der Waals surface area contributed by atoms with E-state index >= 15 is 0 Å². The normalized spacial score (nSPS) is 12.8. The monoisotopic (exact) mass is 355 g/mol. The lowest BCUT2D eigenvalue weighted by atomic mass is 10.0. The minimum Gasteiger partial charge on any atom is -0.377 e. The first kappa shape index (κ1) is 24.9. The largest absolute Gasteiger partial charge is 0.377 e. The van der Waals surface area contributed by atoms with Gasteiger partial charge in [-0.05, 0) is 27.4 Å². The molecule has 0 aromatic rings. The zero-order valence-electron chi connectivity index (χ0n) is 18.2. The highest BCUT2D eigenvalue weighted by atomic mass is 16.5. The molecule has 0 aromatic carbocycles. The Morgan fingerprint density at radius 1 is 0.600 bits per heavy atom. The third-order valence-electron chi connectivity index (χ3n) is 5.02. The molecule has 2 nitrogen and oxygen atoms in total. The Balaban J connectivity index is 3.05. The van der Waals surface area contributed by atoms with Gasteiger partial charge in [0.05, 0.1) is 6.10 Å². The van der Waals surface area contributed by atoms with Crippen LogP contribution in [0.3, 0.4) is 0 Å². The van der Waals surface area contributed by atoms with Crippen molar-refractivity contribution in [3.8, 4) is 0 Å². The van der Waals surface area contributed by atoms with Gasteiger partial charge < -0.3 is 9.64 Å². The van der Waals surface area contributed by atoms with Crippen molar-refractivity contribution in [2.24, 2.45) is 0 Å². The maximum atomic E-state index is 5.83. The van der Waals surface area contributed by atoms with Crippen LogP contribution in [0.25, 0.3) is 0 Å². The van der Waals surface area contributed by atoms with Crippen LogP contribution in [0.5, 0.6) is 0 Å². The van der Waals surface area contributed by atoms with Gasteiger partial charge in [0.2, 0.25) is 0 Å². The van der Waals surface area contributed by atoms with Crippen LogP contribution in [0.15, 0.2) is 0 Å². The lowest BCUT2D eigenvalue weighted by Gasteiger charge is -2.17. The number of hydrogen-bond acceptors (Lipinski definition) is 2. The Bertz CT molecular complexity index is 242. The van der Waals surface area contributed by atoms with Crippen molar-refractivity contribution in [1.82, 2.24) is 4.90 Å². The van der Waals surface area contributed by atoms with Crippen molar-refractivity contribution in [3.05, 3.63) is 0 Å². The van der Waals surface area contributed by atoms with E-state index in [2.05, 4.69) is 32.8 Å². The standard InChI is InChI=1S/C23H49NO/c1-5-6-7-8-9-10-11-12-13-14-15-16-17-18-19-20-21-25-23(2)22-24(3)4/h23H,5-22H2,1-4H3. The molecule has 0 saturated carbocycles. The van der Waals surface area contributed by atoms with Gasteiger partial charge in [0.15, 0.2) is 0 Å². The minimum absolute atomic E-state index is 0.367. The van der Waals surface area contributed by atoms with E-state index in [1.807, 2.05) is 0 Å². The summed E-state index contributed by atoms with van der Waals surface area (Å²) in [5.41, 5.74) is 0. The highest BCUT2D eigenvalue weighted by Crippen LogP contribution is 2.13. The van der Waals surface area contributed by atoms with Gasteiger partial charge in [0.1, 0.15) is 0 Å². The number of ether oxygens (including phenoxy) is 1. The zero-order chi connectivity index (χ0) is 18.6. The Morgan fingerprint density at radius 2 is 0.960 bits per heavy atom. The summed E-state index contributed by atoms with van der Waals surface area (Å²) in [6, 6.07) is 0. The Hall–Kier alpha value is -0.0800. The number of rotatable bonds is 20. The van der Waals surface area contributed by atoms with E-state index in [0.29, 0.717) is 6.10 Å². The summed E-state index contributed by atoms with van der Waals surface area (Å²) in [4.78, 5) is 2.19. The van der Waals surface area contributed by atoms with E-state index in [-0.39, 0.29) is 0 Å². The van der Waals surface area contributed by atoms with Crippen LogP contribution >= 0.6 is 0 Å². The van der Waals surface area contributed by atoms with Gasteiger partial charge in [-0.15, -0.1) is 0 Å². The maximum Gasteiger partial charge on any atom is 0.0673 e. The summed E-state index contributed by atoms with van der Waals surface area (Å²) < 4.78 is 5.83.